The Morgan fingerprint density at radius 3 is 2.48 bits per heavy atom. The molecule has 152 valence electrons. The molecule has 2 aromatic rings. The van der Waals surface area contributed by atoms with Gasteiger partial charge in [-0.25, -0.2) is 8.78 Å². The number of rotatable bonds is 5. The van der Waals surface area contributed by atoms with E-state index in [9.17, 15) is 23.6 Å². The first-order chi connectivity index (χ1) is 13.8. The lowest BCUT2D eigenvalue weighted by molar-refractivity contribution is -0.129. The number of carbonyl (C=O) groups is 2. The van der Waals surface area contributed by atoms with Crippen LogP contribution in [0.25, 0.3) is 11.1 Å². The number of amides is 2. The van der Waals surface area contributed by atoms with Crippen LogP contribution in [0, 0.1) is 29.9 Å². The summed E-state index contributed by atoms with van der Waals surface area (Å²) in [6.45, 7) is 2.99. The molecule has 1 saturated heterocycles. The fourth-order valence-electron chi connectivity index (χ4n) is 3.65. The molecule has 1 aromatic heterocycles. The van der Waals surface area contributed by atoms with Gasteiger partial charge in [-0.05, 0) is 37.5 Å². The summed E-state index contributed by atoms with van der Waals surface area (Å²) in [7, 11) is 1.56. The summed E-state index contributed by atoms with van der Waals surface area (Å²) in [4.78, 5) is 26.6. The largest absolute Gasteiger partial charge is 0.351 e. The van der Waals surface area contributed by atoms with Gasteiger partial charge in [0.25, 0.3) is 5.91 Å². The number of carbonyl (C=O) groups excluding carboxylic acids is 2. The number of aryl methyl sites for hydroxylation is 1. The molecule has 29 heavy (non-hydrogen) atoms. The van der Waals surface area contributed by atoms with Crippen molar-refractivity contribution >= 4 is 11.8 Å². The zero-order valence-electron chi connectivity index (χ0n) is 16.4. The van der Waals surface area contributed by atoms with Crippen molar-refractivity contribution in [3.05, 3.63) is 46.8 Å². The minimum absolute atomic E-state index is 0.0194. The zero-order valence-corrected chi connectivity index (χ0v) is 16.4. The number of hydrogen-bond acceptors (Lipinski definition) is 3. The van der Waals surface area contributed by atoms with Gasteiger partial charge < -0.3 is 14.8 Å². The van der Waals surface area contributed by atoms with Crippen molar-refractivity contribution in [3.8, 4) is 17.2 Å². The van der Waals surface area contributed by atoms with Gasteiger partial charge in [-0.15, -0.1) is 0 Å². The second-order valence-corrected chi connectivity index (χ2v) is 7.11. The van der Waals surface area contributed by atoms with Gasteiger partial charge in [0, 0.05) is 50.4 Å². The van der Waals surface area contributed by atoms with Gasteiger partial charge in [0.2, 0.25) is 5.91 Å². The van der Waals surface area contributed by atoms with Crippen molar-refractivity contribution in [1.82, 2.24) is 14.8 Å². The van der Waals surface area contributed by atoms with Gasteiger partial charge in [0.05, 0.1) is 5.56 Å². The normalized spacial score (nSPS) is 13.4. The van der Waals surface area contributed by atoms with Crippen molar-refractivity contribution < 1.29 is 18.4 Å². The van der Waals surface area contributed by atoms with E-state index in [2.05, 4.69) is 5.32 Å². The van der Waals surface area contributed by atoms with Crippen LogP contribution in [0.15, 0.2) is 18.3 Å². The van der Waals surface area contributed by atoms with Gasteiger partial charge in [-0.2, -0.15) is 5.26 Å². The average molecular weight is 400 g/mol. The van der Waals surface area contributed by atoms with Crippen LogP contribution in [-0.4, -0.2) is 40.9 Å². The maximum Gasteiger partial charge on any atom is 0.253 e. The second kappa shape index (κ2) is 8.43. The Morgan fingerprint density at radius 1 is 1.17 bits per heavy atom. The van der Waals surface area contributed by atoms with Gasteiger partial charge in [0.15, 0.2) is 0 Å². The van der Waals surface area contributed by atoms with Crippen molar-refractivity contribution in [2.75, 3.05) is 19.6 Å². The number of aromatic nitrogens is 1. The molecule has 1 aromatic carbocycles. The lowest BCUT2D eigenvalue weighted by Crippen LogP contribution is -2.32. The summed E-state index contributed by atoms with van der Waals surface area (Å²) >= 11 is 0. The Balaban J connectivity index is 1.87. The molecule has 1 aliphatic heterocycles. The quantitative estimate of drug-likeness (QED) is 0.838. The highest BCUT2D eigenvalue weighted by molar-refractivity contribution is 6.02. The summed E-state index contributed by atoms with van der Waals surface area (Å²) < 4.78 is 30.0. The molecule has 0 bridgehead atoms. The predicted molar refractivity (Wildman–Crippen MR) is 103 cm³/mol. The number of nitriles is 1. The van der Waals surface area contributed by atoms with Crippen molar-refractivity contribution in [3.63, 3.8) is 0 Å². The molecule has 0 spiro atoms. The first-order valence-corrected chi connectivity index (χ1v) is 9.45. The van der Waals surface area contributed by atoms with Gasteiger partial charge in [-0.1, -0.05) is 0 Å². The van der Waals surface area contributed by atoms with E-state index in [-0.39, 0.29) is 46.8 Å². The van der Waals surface area contributed by atoms with E-state index in [4.69, 9.17) is 0 Å². The standard InChI is InChI=1S/C21H22F2N4O2/c1-13-15(22)5-6-16(23)19(13)20-14(12-26(2)17(20)11-24)21(29)25-8-7-18(28)27-9-3-4-10-27/h5-6,12H,3-4,7-10H2,1-2H3,(H,25,29). The molecule has 1 aliphatic rings. The minimum atomic E-state index is -0.718. The predicted octanol–water partition coefficient (Wildman–Crippen LogP) is 2.89. The lowest BCUT2D eigenvalue weighted by atomic mass is 9.96. The molecule has 0 atom stereocenters. The third kappa shape index (κ3) is 3.99. The molecule has 0 aliphatic carbocycles. The summed E-state index contributed by atoms with van der Waals surface area (Å²) in [5.74, 6) is -1.92. The molecule has 3 rings (SSSR count). The van der Waals surface area contributed by atoms with E-state index in [0.717, 1.165) is 38.1 Å². The van der Waals surface area contributed by atoms with Crippen LogP contribution in [-0.2, 0) is 11.8 Å². The molecule has 8 heteroatoms. The van der Waals surface area contributed by atoms with Crippen molar-refractivity contribution in [2.45, 2.75) is 26.2 Å². The Kier molecular flexibility index (Phi) is 5.97. The smallest absolute Gasteiger partial charge is 0.253 e. The van der Waals surface area contributed by atoms with Crippen molar-refractivity contribution in [1.29, 1.82) is 5.26 Å². The van der Waals surface area contributed by atoms with Crippen LogP contribution < -0.4 is 5.32 Å². The third-order valence-electron chi connectivity index (χ3n) is 5.21. The van der Waals surface area contributed by atoms with E-state index in [1.807, 2.05) is 6.07 Å². The van der Waals surface area contributed by atoms with Crippen LogP contribution in [0.1, 0.15) is 40.9 Å². The van der Waals surface area contributed by atoms with Crippen LogP contribution >= 0.6 is 0 Å². The van der Waals surface area contributed by atoms with E-state index in [1.54, 1.807) is 11.9 Å². The fourth-order valence-corrected chi connectivity index (χ4v) is 3.65. The molecule has 6 nitrogen and oxygen atoms in total. The third-order valence-corrected chi connectivity index (χ3v) is 5.21. The van der Waals surface area contributed by atoms with Crippen LogP contribution in [0.4, 0.5) is 8.78 Å². The molecule has 1 N–H and O–H groups in total. The number of likely N-dealkylation sites (tertiary alicyclic amines) is 1. The first-order valence-electron chi connectivity index (χ1n) is 9.45. The monoisotopic (exact) mass is 400 g/mol. The summed E-state index contributed by atoms with van der Waals surface area (Å²) in [6, 6.07) is 3.94. The Bertz CT molecular complexity index is 1000. The molecular formula is C21H22F2N4O2. The summed E-state index contributed by atoms with van der Waals surface area (Å²) in [6.07, 6.45) is 3.55. The Hall–Kier alpha value is -3.21. The van der Waals surface area contributed by atoms with E-state index < -0.39 is 17.5 Å². The van der Waals surface area contributed by atoms with E-state index >= 15 is 0 Å². The second-order valence-electron chi connectivity index (χ2n) is 7.11. The molecule has 0 unspecified atom stereocenters. The molecule has 1 fully saturated rings. The highest BCUT2D eigenvalue weighted by Crippen LogP contribution is 2.34. The van der Waals surface area contributed by atoms with E-state index in [1.165, 1.54) is 17.7 Å². The number of nitrogens with one attached hydrogen (secondary N) is 1. The lowest BCUT2D eigenvalue weighted by Gasteiger charge is -2.15. The van der Waals surface area contributed by atoms with Gasteiger partial charge >= 0.3 is 0 Å². The number of benzene rings is 1. The molecule has 0 saturated carbocycles. The zero-order chi connectivity index (χ0) is 21.1. The average Bonchev–Trinajstić information content (AvgIpc) is 3.33. The first kappa shape index (κ1) is 20.5. The maximum atomic E-state index is 14.5. The fraction of sp³-hybridized carbons (Fsp3) is 0.381. The molecule has 0 radical (unpaired) electrons. The SMILES string of the molecule is Cc1c(F)ccc(F)c1-c1c(C(=O)NCCC(=O)N2CCCC2)cn(C)c1C#N. The van der Waals surface area contributed by atoms with Crippen LogP contribution in [0.3, 0.4) is 0 Å². The Morgan fingerprint density at radius 2 is 1.83 bits per heavy atom. The number of hydrogen-bond donors (Lipinski definition) is 1. The van der Waals surface area contributed by atoms with Crippen molar-refractivity contribution in [2.24, 2.45) is 7.05 Å². The van der Waals surface area contributed by atoms with Crippen LogP contribution in [0.2, 0.25) is 0 Å². The van der Waals surface area contributed by atoms with Gasteiger partial charge in [0.1, 0.15) is 23.4 Å². The Labute approximate surface area is 167 Å². The van der Waals surface area contributed by atoms with Gasteiger partial charge in [-0.3, -0.25) is 9.59 Å². The van der Waals surface area contributed by atoms with E-state index in [0.29, 0.717) is 0 Å². The maximum absolute atomic E-state index is 14.5. The van der Waals surface area contributed by atoms with Crippen LogP contribution in [0.5, 0.6) is 0 Å². The molecule has 2 amide bonds. The highest BCUT2D eigenvalue weighted by Gasteiger charge is 2.26. The minimum Gasteiger partial charge on any atom is -0.351 e. The topological polar surface area (TPSA) is 78.1 Å². The number of nitrogens with zero attached hydrogens (tertiary/aromatic N) is 3. The summed E-state index contributed by atoms with van der Waals surface area (Å²) in [5, 5.41) is 12.2. The molecular weight excluding hydrogens is 378 g/mol. The molecule has 2 heterocycles. The highest BCUT2D eigenvalue weighted by atomic mass is 19.1. The number of halogens is 2. The summed E-state index contributed by atoms with van der Waals surface area (Å²) in [5.41, 5.74) is 0.0699.